The smallest absolute Gasteiger partial charge is 0.325 e. The molecule has 1 aliphatic carbocycles. The number of likely N-dealkylation sites (N-methyl/N-ethyl adjacent to an activating group) is 1. The quantitative estimate of drug-likeness (QED) is 0.726. The summed E-state index contributed by atoms with van der Waals surface area (Å²) in [6, 6.07) is -0.604. The number of carbonyl (C=O) groups is 3. The Balaban J connectivity index is 0.00000312. The zero-order valence-electron chi connectivity index (χ0n) is 15.8. The van der Waals surface area contributed by atoms with E-state index in [-0.39, 0.29) is 42.2 Å². The Morgan fingerprint density at radius 1 is 1.40 bits per heavy atom. The van der Waals surface area contributed by atoms with Crippen LogP contribution in [0.15, 0.2) is 0 Å². The van der Waals surface area contributed by atoms with Crippen LogP contribution in [0.1, 0.15) is 47.0 Å². The van der Waals surface area contributed by atoms with Gasteiger partial charge in [0.2, 0.25) is 5.91 Å². The molecule has 7 nitrogen and oxygen atoms in total. The van der Waals surface area contributed by atoms with Gasteiger partial charge in [-0.05, 0) is 37.5 Å². The van der Waals surface area contributed by atoms with Gasteiger partial charge in [-0.2, -0.15) is 0 Å². The van der Waals surface area contributed by atoms with Crippen molar-refractivity contribution in [3.8, 4) is 0 Å². The van der Waals surface area contributed by atoms with E-state index in [1.54, 1.807) is 7.05 Å². The van der Waals surface area contributed by atoms with Gasteiger partial charge >= 0.3 is 6.03 Å². The lowest BCUT2D eigenvalue weighted by Crippen LogP contribution is -2.54. The maximum absolute atomic E-state index is 13.0. The molecule has 0 radical (unpaired) electrons. The SMILES string of the molecule is CC1CC(C)(C)CC2(C1)NC(=O)N(CC(=O)N(C)C(C)CN)C2=O.Cl. The fourth-order valence-electron chi connectivity index (χ4n) is 4.30. The minimum Gasteiger partial charge on any atom is -0.340 e. The van der Waals surface area contributed by atoms with Gasteiger partial charge in [-0.1, -0.05) is 20.8 Å². The van der Waals surface area contributed by atoms with Crippen molar-refractivity contribution < 1.29 is 14.4 Å². The minimum absolute atomic E-state index is 0. The van der Waals surface area contributed by atoms with Crippen molar-refractivity contribution in [3.05, 3.63) is 0 Å². The van der Waals surface area contributed by atoms with Gasteiger partial charge in [0.05, 0.1) is 0 Å². The topological polar surface area (TPSA) is 95.7 Å². The summed E-state index contributed by atoms with van der Waals surface area (Å²) in [6.45, 7) is 8.27. The summed E-state index contributed by atoms with van der Waals surface area (Å²) in [4.78, 5) is 40.2. The van der Waals surface area contributed by atoms with E-state index in [9.17, 15) is 14.4 Å². The molecule has 2 rings (SSSR count). The Labute approximate surface area is 156 Å². The average Bonchev–Trinajstić information content (AvgIpc) is 2.67. The molecule has 0 aromatic rings. The number of rotatable bonds is 4. The van der Waals surface area contributed by atoms with Gasteiger partial charge in [-0.25, -0.2) is 4.79 Å². The van der Waals surface area contributed by atoms with Gasteiger partial charge in [0, 0.05) is 19.6 Å². The third-order valence-corrected chi connectivity index (χ3v) is 5.31. The Kier molecular flexibility index (Phi) is 6.51. The van der Waals surface area contributed by atoms with E-state index in [4.69, 9.17) is 5.73 Å². The number of nitrogens with two attached hydrogens (primary N) is 1. The predicted octanol–water partition coefficient (Wildman–Crippen LogP) is 1.35. The van der Waals surface area contributed by atoms with E-state index >= 15 is 0 Å². The van der Waals surface area contributed by atoms with Gasteiger partial charge in [0.1, 0.15) is 12.1 Å². The number of amides is 4. The number of nitrogens with zero attached hydrogens (tertiary/aromatic N) is 2. The maximum Gasteiger partial charge on any atom is 0.325 e. The summed E-state index contributed by atoms with van der Waals surface area (Å²) in [7, 11) is 1.64. The fourth-order valence-corrected chi connectivity index (χ4v) is 4.30. The Morgan fingerprint density at radius 2 is 2.00 bits per heavy atom. The number of nitrogens with one attached hydrogen (secondary N) is 1. The molecular formula is C17H31ClN4O3. The van der Waals surface area contributed by atoms with E-state index in [1.165, 1.54) is 4.90 Å². The third kappa shape index (κ3) is 4.26. The number of imide groups is 1. The van der Waals surface area contributed by atoms with Gasteiger partial charge in [0.25, 0.3) is 5.91 Å². The van der Waals surface area contributed by atoms with E-state index in [0.29, 0.717) is 25.3 Å². The number of hydrogen-bond acceptors (Lipinski definition) is 4. The van der Waals surface area contributed by atoms with Crippen molar-refractivity contribution in [2.24, 2.45) is 17.1 Å². The summed E-state index contributed by atoms with van der Waals surface area (Å²) in [5.74, 6) is -0.209. The summed E-state index contributed by atoms with van der Waals surface area (Å²) in [5, 5.41) is 2.88. The Morgan fingerprint density at radius 3 is 2.52 bits per heavy atom. The highest BCUT2D eigenvalue weighted by molar-refractivity contribution is 6.09. The molecular weight excluding hydrogens is 344 g/mol. The van der Waals surface area contributed by atoms with Crippen LogP contribution in [0.2, 0.25) is 0 Å². The van der Waals surface area contributed by atoms with Crippen LogP contribution < -0.4 is 11.1 Å². The second kappa shape index (κ2) is 7.50. The molecule has 3 unspecified atom stereocenters. The third-order valence-electron chi connectivity index (χ3n) is 5.31. The predicted molar refractivity (Wildman–Crippen MR) is 98.3 cm³/mol. The van der Waals surface area contributed by atoms with Crippen LogP contribution in [0.4, 0.5) is 4.79 Å². The molecule has 4 amide bonds. The highest BCUT2D eigenvalue weighted by Gasteiger charge is 2.56. The first-order chi connectivity index (χ1) is 11.0. The second-order valence-corrected chi connectivity index (χ2v) is 8.35. The fraction of sp³-hybridized carbons (Fsp3) is 0.824. The molecule has 144 valence electrons. The van der Waals surface area contributed by atoms with E-state index in [0.717, 1.165) is 11.3 Å². The summed E-state index contributed by atoms with van der Waals surface area (Å²) >= 11 is 0. The standard InChI is InChI=1S/C17H30N4O3.ClH/c1-11-6-16(3,4)10-17(7-11)14(23)21(15(24)19-17)9-13(22)20(5)12(2)8-18;/h11-12H,6-10,18H2,1-5H3,(H,19,24);1H. The normalized spacial score (nSPS) is 29.2. The molecule has 2 fully saturated rings. The molecule has 1 saturated heterocycles. The van der Waals surface area contributed by atoms with Gasteiger partial charge in [0.15, 0.2) is 0 Å². The molecule has 2 aliphatic rings. The maximum atomic E-state index is 13.0. The van der Waals surface area contributed by atoms with Crippen LogP contribution in [-0.2, 0) is 9.59 Å². The van der Waals surface area contributed by atoms with Crippen molar-refractivity contribution in [3.63, 3.8) is 0 Å². The van der Waals surface area contributed by atoms with Gasteiger partial charge < -0.3 is 16.0 Å². The number of halogens is 1. The lowest BCUT2D eigenvalue weighted by molar-refractivity contribution is -0.141. The van der Waals surface area contributed by atoms with Crippen molar-refractivity contribution in [2.45, 2.75) is 58.5 Å². The number of hydrogen-bond donors (Lipinski definition) is 2. The molecule has 3 N–H and O–H groups in total. The molecule has 0 bridgehead atoms. The monoisotopic (exact) mass is 374 g/mol. The highest BCUT2D eigenvalue weighted by atomic mass is 35.5. The largest absolute Gasteiger partial charge is 0.340 e. The molecule has 1 heterocycles. The first kappa shape index (κ1) is 21.7. The van der Waals surface area contributed by atoms with Crippen LogP contribution in [-0.4, -0.2) is 59.4 Å². The second-order valence-electron chi connectivity index (χ2n) is 8.35. The zero-order chi connectivity index (χ0) is 18.3. The molecule has 0 aromatic heterocycles. The van der Waals surface area contributed by atoms with Crippen molar-refractivity contribution in [1.82, 2.24) is 15.1 Å². The molecule has 1 saturated carbocycles. The highest BCUT2D eigenvalue weighted by Crippen LogP contribution is 2.46. The molecule has 0 aromatic carbocycles. The van der Waals surface area contributed by atoms with E-state index < -0.39 is 11.6 Å². The summed E-state index contributed by atoms with van der Waals surface area (Å²) in [6.07, 6.45) is 2.25. The van der Waals surface area contributed by atoms with Crippen LogP contribution in [0.25, 0.3) is 0 Å². The molecule has 3 atom stereocenters. The first-order valence-electron chi connectivity index (χ1n) is 8.61. The van der Waals surface area contributed by atoms with E-state index in [2.05, 4.69) is 26.1 Å². The van der Waals surface area contributed by atoms with Crippen LogP contribution in [0.3, 0.4) is 0 Å². The van der Waals surface area contributed by atoms with Crippen LogP contribution in [0.5, 0.6) is 0 Å². The van der Waals surface area contributed by atoms with Crippen molar-refractivity contribution in [1.29, 1.82) is 0 Å². The Hall–Kier alpha value is -1.34. The molecule has 25 heavy (non-hydrogen) atoms. The lowest BCUT2D eigenvalue weighted by atomic mass is 9.64. The molecule has 1 aliphatic heterocycles. The van der Waals surface area contributed by atoms with Crippen LogP contribution >= 0.6 is 12.4 Å². The van der Waals surface area contributed by atoms with Gasteiger partial charge in [-0.15, -0.1) is 12.4 Å². The lowest BCUT2D eigenvalue weighted by Gasteiger charge is -2.43. The molecule has 8 heteroatoms. The molecule has 1 spiro atoms. The zero-order valence-corrected chi connectivity index (χ0v) is 16.6. The van der Waals surface area contributed by atoms with Gasteiger partial charge in [-0.3, -0.25) is 14.5 Å². The summed E-state index contributed by atoms with van der Waals surface area (Å²) < 4.78 is 0. The van der Waals surface area contributed by atoms with Crippen molar-refractivity contribution >= 4 is 30.3 Å². The number of urea groups is 1. The number of carbonyl (C=O) groups excluding carboxylic acids is 3. The average molecular weight is 375 g/mol. The first-order valence-corrected chi connectivity index (χ1v) is 8.61. The van der Waals surface area contributed by atoms with Crippen molar-refractivity contribution in [2.75, 3.05) is 20.1 Å². The minimum atomic E-state index is -0.864. The Bertz CT molecular complexity index is 554. The van der Waals surface area contributed by atoms with Crippen LogP contribution in [0, 0.1) is 11.3 Å². The summed E-state index contributed by atoms with van der Waals surface area (Å²) in [5.41, 5.74) is 4.69. The van der Waals surface area contributed by atoms with E-state index in [1.807, 2.05) is 6.92 Å².